The number of benzene rings is 2. The lowest BCUT2D eigenvalue weighted by Crippen LogP contribution is -2.31. The summed E-state index contributed by atoms with van der Waals surface area (Å²) < 4.78 is 35.8. The summed E-state index contributed by atoms with van der Waals surface area (Å²) in [7, 11) is -2.33. The Labute approximate surface area is 175 Å². The molecule has 4 aromatic rings. The first-order chi connectivity index (χ1) is 14.5. The van der Waals surface area contributed by atoms with Crippen LogP contribution in [-0.2, 0) is 23.0 Å². The smallest absolute Gasteiger partial charge is 0.268 e. The van der Waals surface area contributed by atoms with Crippen molar-refractivity contribution in [3.63, 3.8) is 0 Å². The van der Waals surface area contributed by atoms with Crippen molar-refractivity contribution >= 4 is 21.4 Å². The van der Waals surface area contributed by atoms with Crippen LogP contribution in [0.1, 0.15) is 18.1 Å². The number of sulfonamides is 1. The van der Waals surface area contributed by atoms with Crippen molar-refractivity contribution in [3.8, 4) is 5.75 Å². The third-order valence-corrected chi connectivity index (χ3v) is 6.74. The fourth-order valence-electron chi connectivity index (χ4n) is 3.30. The summed E-state index contributed by atoms with van der Waals surface area (Å²) in [5.41, 5.74) is 2.82. The molecule has 0 saturated carbocycles. The van der Waals surface area contributed by atoms with Gasteiger partial charge in [-0.2, -0.15) is 0 Å². The Morgan fingerprint density at radius 1 is 1.03 bits per heavy atom. The Morgan fingerprint density at radius 2 is 1.83 bits per heavy atom. The van der Waals surface area contributed by atoms with Crippen LogP contribution in [-0.4, -0.2) is 30.1 Å². The standard InChI is InChI=1S/C22H22N4O3S/c1-3-17-9-11-19(12-10-17)26(15-18-6-4-7-20(14-18)29-2)30(27,28)21-8-5-13-25-16-23-24-22(21)25/h4-14,16H,3,15H2,1-2H3. The van der Waals surface area contributed by atoms with Crippen LogP contribution < -0.4 is 9.04 Å². The number of ether oxygens (including phenoxy) is 1. The van der Waals surface area contributed by atoms with Crippen LogP contribution in [0.4, 0.5) is 5.69 Å². The van der Waals surface area contributed by atoms with Crippen LogP contribution in [0.15, 0.2) is 78.1 Å². The third-order valence-electron chi connectivity index (χ3n) is 4.95. The number of aryl methyl sites for hydroxylation is 1. The number of anilines is 1. The minimum Gasteiger partial charge on any atom is -0.497 e. The highest BCUT2D eigenvalue weighted by Crippen LogP contribution is 2.29. The Morgan fingerprint density at radius 3 is 2.57 bits per heavy atom. The molecule has 0 fully saturated rings. The molecule has 30 heavy (non-hydrogen) atoms. The summed E-state index contributed by atoms with van der Waals surface area (Å²) in [4.78, 5) is 0.102. The van der Waals surface area contributed by atoms with Gasteiger partial charge in [-0.1, -0.05) is 31.2 Å². The molecule has 0 spiro atoms. The average molecular weight is 423 g/mol. The molecule has 0 unspecified atom stereocenters. The van der Waals surface area contributed by atoms with Crippen molar-refractivity contribution in [2.75, 3.05) is 11.4 Å². The van der Waals surface area contributed by atoms with Crippen molar-refractivity contribution in [2.45, 2.75) is 24.8 Å². The summed E-state index contributed by atoms with van der Waals surface area (Å²) in [5.74, 6) is 0.672. The minimum atomic E-state index is -3.92. The molecule has 0 saturated heterocycles. The molecule has 2 heterocycles. The van der Waals surface area contributed by atoms with E-state index in [1.54, 1.807) is 29.8 Å². The number of fused-ring (bicyclic) bond motifs is 1. The van der Waals surface area contributed by atoms with Crippen LogP contribution in [0.25, 0.3) is 5.65 Å². The molecule has 0 aliphatic heterocycles. The Kier molecular flexibility index (Phi) is 5.41. The maximum Gasteiger partial charge on any atom is 0.268 e. The molecule has 8 heteroatoms. The fraction of sp³-hybridized carbons (Fsp3) is 0.182. The number of rotatable bonds is 7. The molecular formula is C22H22N4O3S. The molecule has 0 atom stereocenters. The van der Waals surface area contributed by atoms with Gasteiger partial charge in [-0.3, -0.25) is 8.71 Å². The van der Waals surface area contributed by atoms with Gasteiger partial charge in [0.2, 0.25) is 0 Å². The van der Waals surface area contributed by atoms with Crippen LogP contribution in [0.5, 0.6) is 5.75 Å². The minimum absolute atomic E-state index is 0.102. The molecule has 0 N–H and O–H groups in total. The van der Waals surface area contributed by atoms with E-state index in [9.17, 15) is 8.42 Å². The van der Waals surface area contributed by atoms with E-state index in [-0.39, 0.29) is 11.4 Å². The number of methoxy groups -OCH3 is 1. The molecule has 7 nitrogen and oxygen atoms in total. The molecule has 154 valence electrons. The summed E-state index contributed by atoms with van der Waals surface area (Å²) in [6.07, 6.45) is 4.08. The first kappa shape index (κ1) is 19.9. The van der Waals surface area contributed by atoms with Crippen LogP contribution >= 0.6 is 0 Å². The van der Waals surface area contributed by atoms with Gasteiger partial charge in [0.25, 0.3) is 10.0 Å². The maximum atomic E-state index is 13.8. The normalized spacial score (nSPS) is 11.5. The largest absolute Gasteiger partial charge is 0.497 e. The van der Waals surface area contributed by atoms with Gasteiger partial charge >= 0.3 is 0 Å². The van der Waals surface area contributed by atoms with E-state index in [0.717, 1.165) is 17.5 Å². The molecule has 4 rings (SSSR count). The monoisotopic (exact) mass is 422 g/mol. The van der Waals surface area contributed by atoms with E-state index in [0.29, 0.717) is 17.1 Å². The van der Waals surface area contributed by atoms with Crippen molar-refractivity contribution < 1.29 is 13.2 Å². The lowest BCUT2D eigenvalue weighted by molar-refractivity contribution is 0.414. The van der Waals surface area contributed by atoms with Crippen LogP contribution in [0.2, 0.25) is 0 Å². The molecule has 2 aromatic carbocycles. The second kappa shape index (κ2) is 8.16. The number of nitrogens with zero attached hydrogens (tertiary/aromatic N) is 4. The molecule has 0 amide bonds. The van der Waals surface area contributed by atoms with Gasteiger partial charge < -0.3 is 4.74 Å². The second-order valence-corrected chi connectivity index (χ2v) is 8.65. The predicted molar refractivity (Wildman–Crippen MR) is 115 cm³/mol. The van der Waals surface area contributed by atoms with Gasteiger partial charge in [-0.05, 0) is 53.9 Å². The average Bonchev–Trinajstić information content (AvgIpc) is 3.26. The first-order valence-electron chi connectivity index (χ1n) is 9.56. The number of aromatic nitrogens is 3. The van der Waals surface area contributed by atoms with E-state index in [1.807, 2.05) is 48.5 Å². The predicted octanol–water partition coefficient (Wildman–Crippen LogP) is 3.70. The van der Waals surface area contributed by atoms with E-state index >= 15 is 0 Å². The van der Waals surface area contributed by atoms with Gasteiger partial charge in [0.05, 0.1) is 19.3 Å². The van der Waals surface area contributed by atoms with E-state index in [1.165, 1.54) is 10.6 Å². The Bertz CT molecular complexity index is 1270. The van der Waals surface area contributed by atoms with Crippen molar-refractivity contribution in [3.05, 3.63) is 84.3 Å². The zero-order valence-electron chi connectivity index (χ0n) is 16.8. The van der Waals surface area contributed by atoms with Crippen LogP contribution in [0.3, 0.4) is 0 Å². The summed E-state index contributed by atoms with van der Waals surface area (Å²) in [6, 6.07) is 18.2. The van der Waals surface area contributed by atoms with Crippen LogP contribution in [0, 0.1) is 0 Å². The highest BCUT2D eigenvalue weighted by atomic mass is 32.2. The highest BCUT2D eigenvalue weighted by Gasteiger charge is 2.28. The number of hydrogen-bond donors (Lipinski definition) is 0. The van der Waals surface area contributed by atoms with E-state index in [4.69, 9.17) is 4.74 Å². The SMILES string of the molecule is CCc1ccc(N(Cc2cccc(OC)c2)S(=O)(=O)c2cccn3cnnc23)cc1. The van der Waals surface area contributed by atoms with E-state index < -0.39 is 10.0 Å². The second-order valence-electron chi connectivity index (χ2n) is 6.82. The quantitative estimate of drug-likeness (QED) is 0.454. The zero-order valence-corrected chi connectivity index (χ0v) is 17.6. The maximum absolute atomic E-state index is 13.8. The van der Waals surface area contributed by atoms with E-state index in [2.05, 4.69) is 17.1 Å². The Hall–Kier alpha value is -3.39. The fourth-order valence-corrected chi connectivity index (χ4v) is 4.88. The van der Waals surface area contributed by atoms with Gasteiger partial charge in [0, 0.05) is 6.20 Å². The lowest BCUT2D eigenvalue weighted by Gasteiger charge is -2.25. The zero-order chi connectivity index (χ0) is 21.1. The van der Waals surface area contributed by atoms with Gasteiger partial charge in [0.15, 0.2) is 5.65 Å². The Balaban J connectivity index is 1.83. The molecule has 0 aliphatic rings. The number of pyridine rings is 1. The van der Waals surface area contributed by atoms with Gasteiger partial charge in [-0.15, -0.1) is 10.2 Å². The van der Waals surface area contributed by atoms with Crippen molar-refractivity contribution in [2.24, 2.45) is 0 Å². The van der Waals surface area contributed by atoms with Crippen molar-refractivity contribution in [1.82, 2.24) is 14.6 Å². The van der Waals surface area contributed by atoms with Crippen molar-refractivity contribution in [1.29, 1.82) is 0 Å². The lowest BCUT2D eigenvalue weighted by atomic mass is 10.1. The molecular weight excluding hydrogens is 400 g/mol. The topological polar surface area (TPSA) is 76.8 Å². The molecule has 0 aliphatic carbocycles. The van der Waals surface area contributed by atoms with Gasteiger partial charge in [0.1, 0.15) is 17.0 Å². The molecule has 2 aromatic heterocycles. The highest BCUT2D eigenvalue weighted by molar-refractivity contribution is 7.93. The first-order valence-corrected chi connectivity index (χ1v) is 11.0. The third kappa shape index (κ3) is 3.73. The molecule has 0 radical (unpaired) electrons. The summed E-state index contributed by atoms with van der Waals surface area (Å²) in [5, 5.41) is 7.86. The molecule has 0 bridgehead atoms. The summed E-state index contributed by atoms with van der Waals surface area (Å²) in [6.45, 7) is 2.21. The summed E-state index contributed by atoms with van der Waals surface area (Å²) >= 11 is 0. The van der Waals surface area contributed by atoms with Gasteiger partial charge in [-0.25, -0.2) is 8.42 Å². The number of hydrogen-bond acceptors (Lipinski definition) is 5.